The van der Waals surface area contributed by atoms with E-state index in [0.717, 1.165) is 19.4 Å². The Morgan fingerprint density at radius 3 is 2.91 bits per heavy atom. The first-order valence-corrected chi connectivity index (χ1v) is 8.43. The van der Waals surface area contributed by atoms with Crippen molar-refractivity contribution < 1.29 is 4.74 Å². The molecule has 0 bridgehead atoms. The molecule has 0 radical (unpaired) electrons. The van der Waals surface area contributed by atoms with Gasteiger partial charge < -0.3 is 4.74 Å². The van der Waals surface area contributed by atoms with Crippen LogP contribution in [0.1, 0.15) is 5.56 Å². The summed E-state index contributed by atoms with van der Waals surface area (Å²) in [6, 6.07) is 11.5. The SMILES string of the molecule is COc1cccc(Cn2cnc3ccc(I)c(Br)c3c2=O)c1. The summed E-state index contributed by atoms with van der Waals surface area (Å²) in [6.07, 6.45) is 1.59. The summed E-state index contributed by atoms with van der Waals surface area (Å²) in [7, 11) is 1.63. The van der Waals surface area contributed by atoms with E-state index in [4.69, 9.17) is 4.74 Å². The fraction of sp³-hybridized carbons (Fsp3) is 0.125. The minimum absolute atomic E-state index is 0.0572. The van der Waals surface area contributed by atoms with Crippen LogP contribution in [0.2, 0.25) is 0 Å². The quantitative estimate of drug-likeness (QED) is 0.546. The molecule has 3 rings (SSSR count). The van der Waals surface area contributed by atoms with Gasteiger partial charge >= 0.3 is 0 Å². The molecule has 0 saturated heterocycles. The molecule has 0 saturated carbocycles. The van der Waals surface area contributed by atoms with E-state index < -0.39 is 0 Å². The smallest absolute Gasteiger partial charge is 0.262 e. The average molecular weight is 471 g/mol. The Kier molecular flexibility index (Phi) is 4.49. The number of rotatable bonds is 3. The Balaban J connectivity index is 2.10. The molecule has 6 heteroatoms. The second-order valence-corrected chi connectivity index (χ2v) is 6.74. The number of hydrogen-bond donors (Lipinski definition) is 0. The Labute approximate surface area is 149 Å². The number of methoxy groups -OCH3 is 1. The standard InChI is InChI=1S/C16H12BrIN2O2/c1-22-11-4-2-3-10(7-11)8-20-9-19-13-6-5-12(18)15(17)14(13)16(20)21/h2-7,9H,8H2,1H3. The van der Waals surface area contributed by atoms with Gasteiger partial charge in [0.1, 0.15) is 5.75 Å². The third-order valence-corrected chi connectivity index (χ3v) is 5.83. The molecule has 0 aliphatic rings. The molecule has 0 atom stereocenters. The Hall–Kier alpha value is -1.41. The molecule has 0 N–H and O–H groups in total. The van der Waals surface area contributed by atoms with Gasteiger partial charge in [0.15, 0.2) is 0 Å². The summed E-state index contributed by atoms with van der Waals surface area (Å²) >= 11 is 5.69. The number of benzene rings is 2. The van der Waals surface area contributed by atoms with Crippen molar-refractivity contribution in [3.05, 3.63) is 66.7 Å². The second kappa shape index (κ2) is 6.37. The molecule has 0 unspecified atom stereocenters. The van der Waals surface area contributed by atoms with Crippen LogP contribution in [0.25, 0.3) is 10.9 Å². The molecular formula is C16H12BrIN2O2. The molecule has 22 heavy (non-hydrogen) atoms. The van der Waals surface area contributed by atoms with E-state index in [2.05, 4.69) is 43.5 Å². The monoisotopic (exact) mass is 470 g/mol. The molecule has 2 aromatic carbocycles. The summed E-state index contributed by atoms with van der Waals surface area (Å²) < 4.78 is 8.61. The predicted molar refractivity (Wildman–Crippen MR) is 98.5 cm³/mol. The van der Waals surface area contributed by atoms with Gasteiger partial charge in [0.25, 0.3) is 5.56 Å². The lowest BCUT2D eigenvalue weighted by atomic mass is 10.2. The van der Waals surface area contributed by atoms with Crippen molar-refractivity contribution >= 4 is 49.4 Å². The molecule has 0 aliphatic heterocycles. The van der Waals surface area contributed by atoms with E-state index in [1.807, 2.05) is 36.4 Å². The van der Waals surface area contributed by atoms with Crippen LogP contribution in [0.4, 0.5) is 0 Å². The average Bonchev–Trinajstić information content (AvgIpc) is 2.53. The maximum Gasteiger partial charge on any atom is 0.262 e. The van der Waals surface area contributed by atoms with Crippen LogP contribution >= 0.6 is 38.5 Å². The molecule has 1 heterocycles. The Morgan fingerprint density at radius 2 is 2.14 bits per heavy atom. The highest BCUT2D eigenvalue weighted by atomic mass is 127. The minimum atomic E-state index is -0.0572. The number of fused-ring (bicyclic) bond motifs is 1. The third-order valence-electron chi connectivity index (χ3n) is 3.37. The third kappa shape index (κ3) is 2.89. The van der Waals surface area contributed by atoms with Crippen molar-refractivity contribution in [3.63, 3.8) is 0 Å². The first-order valence-electron chi connectivity index (χ1n) is 6.56. The fourth-order valence-corrected chi connectivity index (χ4v) is 3.21. The van der Waals surface area contributed by atoms with E-state index in [-0.39, 0.29) is 5.56 Å². The molecule has 112 valence electrons. The summed E-state index contributed by atoms with van der Waals surface area (Å²) in [5.74, 6) is 0.773. The molecule has 0 fully saturated rings. The lowest BCUT2D eigenvalue weighted by molar-refractivity contribution is 0.414. The number of nitrogens with zero attached hydrogens (tertiary/aromatic N) is 2. The van der Waals surface area contributed by atoms with Gasteiger partial charge in [0, 0.05) is 8.04 Å². The first kappa shape index (κ1) is 15.5. The second-order valence-electron chi connectivity index (χ2n) is 4.78. The highest BCUT2D eigenvalue weighted by molar-refractivity contribution is 14.1. The Bertz CT molecular complexity index is 908. The van der Waals surface area contributed by atoms with E-state index in [0.29, 0.717) is 17.4 Å². The van der Waals surface area contributed by atoms with E-state index in [1.165, 1.54) is 0 Å². The van der Waals surface area contributed by atoms with Crippen molar-refractivity contribution in [1.82, 2.24) is 9.55 Å². The van der Waals surface area contributed by atoms with Gasteiger partial charge in [-0.15, -0.1) is 0 Å². The van der Waals surface area contributed by atoms with E-state index in [1.54, 1.807) is 18.0 Å². The zero-order valence-corrected chi connectivity index (χ0v) is 15.5. The van der Waals surface area contributed by atoms with Crippen LogP contribution in [-0.4, -0.2) is 16.7 Å². The van der Waals surface area contributed by atoms with Crippen LogP contribution in [0.15, 0.2) is 52.0 Å². The minimum Gasteiger partial charge on any atom is -0.497 e. The maximum atomic E-state index is 12.7. The lowest BCUT2D eigenvalue weighted by Gasteiger charge is -2.09. The van der Waals surface area contributed by atoms with Gasteiger partial charge in [-0.2, -0.15) is 0 Å². The van der Waals surface area contributed by atoms with Crippen molar-refractivity contribution in [2.75, 3.05) is 7.11 Å². The normalized spacial score (nSPS) is 10.9. The van der Waals surface area contributed by atoms with Crippen LogP contribution in [0.3, 0.4) is 0 Å². The molecule has 0 spiro atoms. The number of aromatic nitrogens is 2. The predicted octanol–water partition coefficient (Wildman–Crippen LogP) is 3.82. The summed E-state index contributed by atoms with van der Waals surface area (Å²) in [6.45, 7) is 0.455. The highest BCUT2D eigenvalue weighted by Crippen LogP contribution is 2.25. The van der Waals surface area contributed by atoms with Crippen molar-refractivity contribution in [2.45, 2.75) is 6.54 Å². The van der Waals surface area contributed by atoms with Gasteiger partial charge in [-0.05, 0) is 68.3 Å². The first-order chi connectivity index (χ1) is 10.6. The van der Waals surface area contributed by atoms with Gasteiger partial charge in [-0.3, -0.25) is 9.36 Å². The largest absolute Gasteiger partial charge is 0.497 e. The van der Waals surface area contributed by atoms with Gasteiger partial charge in [0.2, 0.25) is 0 Å². The van der Waals surface area contributed by atoms with Crippen LogP contribution in [0.5, 0.6) is 5.75 Å². The number of ether oxygens (including phenoxy) is 1. The molecule has 0 aliphatic carbocycles. The molecule has 4 nitrogen and oxygen atoms in total. The fourth-order valence-electron chi connectivity index (χ4n) is 2.26. The van der Waals surface area contributed by atoms with Gasteiger partial charge in [-0.1, -0.05) is 12.1 Å². The maximum absolute atomic E-state index is 12.7. The highest BCUT2D eigenvalue weighted by Gasteiger charge is 2.10. The summed E-state index contributed by atoms with van der Waals surface area (Å²) in [4.78, 5) is 17.1. The molecule has 1 aromatic heterocycles. The molecular weight excluding hydrogens is 459 g/mol. The summed E-state index contributed by atoms with van der Waals surface area (Å²) in [5, 5.41) is 0.609. The number of halogens is 2. The van der Waals surface area contributed by atoms with Crippen molar-refractivity contribution in [2.24, 2.45) is 0 Å². The van der Waals surface area contributed by atoms with Crippen molar-refractivity contribution in [1.29, 1.82) is 0 Å². The molecule has 3 aromatic rings. The van der Waals surface area contributed by atoms with E-state index in [9.17, 15) is 4.79 Å². The van der Waals surface area contributed by atoms with Crippen LogP contribution < -0.4 is 10.3 Å². The zero-order valence-electron chi connectivity index (χ0n) is 11.7. The molecule has 0 amide bonds. The van der Waals surface area contributed by atoms with Gasteiger partial charge in [-0.25, -0.2) is 4.98 Å². The van der Waals surface area contributed by atoms with Crippen LogP contribution in [-0.2, 0) is 6.54 Å². The lowest BCUT2D eigenvalue weighted by Crippen LogP contribution is -2.21. The topological polar surface area (TPSA) is 44.1 Å². The van der Waals surface area contributed by atoms with Gasteiger partial charge in [0.05, 0.1) is 30.9 Å². The zero-order chi connectivity index (χ0) is 15.7. The van der Waals surface area contributed by atoms with E-state index >= 15 is 0 Å². The summed E-state index contributed by atoms with van der Waals surface area (Å²) in [5.41, 5.74) is 1.63. The Morgan fingerprint density at radius 1 is 1.32 bits per heavy atom. The van der Waals surface area contributed by atoms with Crippen LogP contribution in [0, 0.1) is 3.57 Å². The van der Waals surface area contributed by atoms with Crippen molar-refractivity contribution in [3.8, 4) is 5.75 Å². The number of hydrogen-bond acceptors (Lipinski definition) is 3.